The van der Waals surface area contributed by atoms with E-state index in [0.29, 0.717) is 0 Å². The minimum absolute atomic E-state index is 0.112. The summed E-state index contributed by atoms with van der Waals surface area (Å²) in [5, 5.41) is 0. The molecule has 0 N–H and O–H groups in total. The molecule has 0 saturated carbocycles. The lowest BCUT2D eigenvalue weighted by Gasteiger charge is -2.41. The van der Waals surface area contributed by atoms with Crippen LogP contribution in [-0.2, 0) is 32.5 Å². The van der Waals surface area contributed by atoms with Gasteiger partial charge >= 0.3 is 0 Å². The highest BCUT2D eigenvalue weighted by atomic mass is 16.5. The molecule has 13 aromatic carbocycles. The summed E-state index contributed by atoms with van der Waals surface area (Å²) in [5.74, 6) is 5.45. The molecule has 0 unspecified atom stereocenters. The molecule has 6 aliphatic heterocycles. The van der Waals surface area contributed by atoms with Crippen molar-refractivity contribution in [2.45, 2.75) is 178 Å². The van der Waals surface area contributed by atoms with Crippen LogP contribution in [0.3, 0.4) is 0 Å². The highest BCUT2D eigenvalue weighted by Crippen LogP contribution is 2.50. The molecule has 13 aromatic rings. The van der Waals surface area contributed by atoms with Gasteiger partial charge in [-0.3, -0.25) is 0 Å². The highest BCUT2D eigenvalue weighted by molar-refractivity contribution is 7.01. The van der Waals surface area contributed by atoms with Crippen molar-refractivity contribution in [2.24, 2.45) is 0 Å². The summed E-state index contributed by atoms with van der Waals surface area (Å²) in [4.78, 5) is 7.56. The molecule has 0 atom stereocenters. The zero-order valence-corrected chi connectivity index (χ0v) is 70.3. The smallest absolute Gasteiger partial charge is 0.256 e. The second kappa shape index (κ2) is 25.4. The number of hydrogen-bond acceptors (Lipinski definition) is 6. The molecule has 0 radical (unpaired) electrons. The van der Waals surface area contributed by atoms with Gasteiger partial charge in [0, 0.05) is 51.2 Å². The lowest BCUT2D eigenvalue weighted by atomic mass is 9.33. The molecule has 6 heterocycles. The van der Waals surface area contributed by atoms with E-state index in [4.69, 9.17) is 14.2 Å². The van der Waals surface area contributed by atoms with Crippen LogP contribution in [0.2, 0.25) is 0 Å². The van der Waals surface area contributed by atoms with E-state index >= 15 is 0 Å². The second-order valence-electron chi connectivity index (χ2n) is 39.7. The van der Waals surface area contributed by atoms with Crippen molar-refractivity contribution in [3.63, 3.8) is 0 Å². The maximum absolute atomic E-state index is 7.30. The second-order valence-corrected chi connectivity index (χ2v) is 39.7. The largest absolute Gasteiger partial charge is 0.458 e. The van der Waals surface area contributed by atoms with Crippen LogP contribution >= 0.6 is 0 Å². The molecular weight excluding hydrogens is 1380 g/mol. The predicted molar refractivity (Wildman–Crippen MR) is 487 cm³/mol. The van der Waals surface area contributed by atoms with Crippen LogP contribution in [0.4, 0.5) is 51.2 Å². The molecule has 9 heteroatoms. The normalized spacial score (nSPS) is 14.3. The Morgan fingerprint density at radius 3 is 0.684 bits per heavy atom. The van der Waals surface area contributed by atoms with Crippen molar-refractivity contribution in [1.82, 2.24) is 0 Å². The molecule has 0 aliphatic carbocycles. The topological polar surface area (TPSA) is 37.4 Å². The Hall–Kier alpha value is -11.1. The molecular formula is C105H102B3N3O3. The Balaban J connectivity index is 0.882. The molecule has 0 spiro atoms. The Morgan fingerprint density at radius 2 is 0.447 bits per heavy atom. The van der Waals surface area contributed by atoms with E-state index in [1.54, 1.807) is 0 Å². The molecule has 0 bridgehead atoms. The lowest BCUT2D eigenvalue weighted by molar-refractivity contribution is 0.482. The number of anilines is 9. The zero-order chi connectivity index (χ0) is 79.7. The van der Waals surface area contributed by atoms with Gasteiger partial charge in [0.25, 0.3) is 20.1 Å². The minimum Gasteiger partial charge on any atom is -0.458 e. The van der Waals surface area contributed by atoms with Gasteiger partial charge in [-0.1, -0.05) is 251 Å². The van der Waals surface area contributed by atoms with Crippen molar-refractivity contribution < 1.29 is 14.2 Å². The molecule has 0 fully saturated rings. The monoisotopic (exact) mass is 1490 g/mol. The van der Waals surface area contributed by atoms with E-state index in [1.807, 2.05) is 0 Å². The van der Waals surface area contributed by atoms with Crippen molar-refractivity contribution in [3.8, 4) is 67.9 Å². The van der Waals surface area contributed by atoms with E-state index in [0.717, 1.165) is 119 Å². The number of hydrogen-bond donors (Lipinski definition) is 0. The summed E-state index contributed by atoms with van der Waals surface area (Å²) in [5.41, 5.74) is 38.2. The first-order valence-corrected chi connectivity index (χ1v) is 41.2. The number of ether oxygens (including phenoxy) is 3. The van der Waals surface area contributed by atoms with E-state index in [9.17, 15) is 0 Å². The fraction of sp³-hybridized carbons (Fsp3) is 0.257. The Bertz CT molecular complexity index is 5600. The van der Waals surface area contributed by atoms with E-state index in [1.165, 1.54) is 99.2 Å². The van der Waals surface area contributed by atoms with Gasteiger partial charge in [0.05, 0.1) is 0 Å². The summed E-state index contributed by atoms with van der Waals surface area (Å²) in [6.45, 7) is 47.8. The van der Waals surface area contributed by atoms with Crippen LogP contribution < -0.4 is 78.1 Å². The Morgan fingerprint density at radius 1 is 0.202 bits per heavy atom. The number of fused-ring (bicyclic) bond motifs is 12. The first kappa shape index (κ1) is 73.1. The highest BCUT2D eigenvalue weighted by Gasteiger charge is 2.48. The van der Waals surface area contributed by atoms with Crippen LogP contribution in [0.25, 0.3) is 33.4 Å². The lowest BCUT2D eigenvalue weighted by Crippen LogP contribution is -2.59. The molecule has 114 heavy (non-hydrogen) atoms. The van der Waals surface area contributed by atoms with Crippen LogP contribution in [-0.4, -0.2) is 20.1 Å². The molecule has 0 aromatic heterocycles. The fourth-order valence-corrected chi connectivity index (χ4v) is 18.5. The van der Waals surface area contributed by atoms with Crippen LogP contribution in [0, 0.1) is 20.8 Å². The van der Waals surface area contributed by atoms with Crippen LogP contribution in [0.5, 0.6) is 34.5 Å². The number of rotatable bonds is 6. The SMILES string of the molecule is Cc1ccc(N2c3ccc(-c4cc(-c5ccc6c(c5)B5c7cc(C(C)(C)C)ccc7Oc7cc(C(C)(C)C)cc(c75)N6c5ccc(C)cc5)cc(-c5ccc6c(c5)B5c7cc(C(C)(C)C)ccc7Oc7cc(C(C)(C)C)cc(c75)N6c5ccc(C)cc5)c4)cc3B3c4cc(C(C)(C)C)ccc4Oc4cc(C(C)(C)C)cc2c43)cc1. The van der Waals surface area contributed by atoms with E-state index < -0.39 is 0 Å². The standard InChI is InChI=1S/C105H102B3N3O3/c1-61-22-34-76(35-23-61)109-85-40-28-64(49-79(85)106-82-52-70(100(4,5)6)31-43-91(82)112-94-58-73(103(13,14)15)55-88(109)97(94)106)67-46-68(65-29-41-86-80(50-65)107-83-53-71(101(7,8)9)32-44-92(83)113-95-59-74(104(16,17)18)56-89(98(95)107)110(86)77-36-24-62(2)25-37-77)48-69(47-67)66-30-42-87-81(51-66)108-84-54-72(102(10,11)12)33-45-93(84)114-96-60-75(105(19,20)21)57-90(99(96)108)111(87)78-38-26-63(3)27-39-78/h22-60H,1-21H3. The Kier molecular flexibility index (Phi) is 16.3. The molecule has 6 aliphatic rings. The van der Waals surface area contributed by atoms with Crippen molar-refractivity contribution in [1.29, 1.82) is 0 Å². The van der Waals surface area contributed by atoms with Crippen LogP contribution in [0.1, 0.15) is 175 Å². The number of nitrogens with zero attached hydrogens (tertiary/aromatic N) is 3. The van der Waals surface area contributed by atoms with Crippen molar-refractivity contribution in [3.05, 3.63) is 287 Å². The van der Waals surface area contributed by atoms with Gasteiger partial charge in [-0.25, -0.2) is 0 Å². The van der Waals surface area contributed by atoms with Crippen molar-refractivity contribution >= 4 is 120 Å². The quantitative estimate of drug-likeness (QED) is 0.155. The average molecular weight is 1490 g/mol. The molecule has 19 rings (SSSR count). The number of benzene rings is 13. The summed E-state index contributed by atoms with van der Waals surface area (Å²) in [6.07, 6.45) is 0. The maximum atomic E-state index is 7.30. The summed E-state index contributed by atoms with van der Waals surface area (Å²) in [6, 6.07) is 92.1. The Labute approximate surface area is 677 Å². The van der Waals surface area contributed by atoms with Gasteiger partial charge < -0.3 is 28.9 Å². The average Bonchev–Trinajstić information content (AvgIpc) is 0.713. The molecule has 564 valence electrons. The molecule has 0 amide bonds. The van der Waals surface area contributed by atoms with E-state index in [-0.39, 0.29) is 52.6 Å². The third-order valence-electron chi connectivity index (χ3n) is 25.3. The summed E-state index contributed by atoms with van der Waals surface area (Å²) < 4.78 is 21.9. The first-order chi connectivity index (χ1) is 54.0. The van der Waals surface area contributed by atoms with Gasteiger partial charge in [-0.2, -0.15) is 0 Å². The fourth-order valence-electron chi connectivity index (χ4n) is 18.5. The predicted octanol–water partition coefficient (Wildman–Crippen LogP) is 22.6. The van der Waals surface area contributed by atoms with E-state index in [2.05, 4.69) is 397 Å². The molecule has 0 saturated heterocycles. The third-order valence-corrected chi connectivity index (χ3v) is 25.3. The zero-order valence-electron chi connectivity index (χ0n) is 70.3. The van der Waals surface area contributed by atoms with Gasteiger partial charge in [0.15, 0.2) is 0 Å². The van der Waals surface area contributed by atoms with Gasteiger partial charge in [0.1, 0.15) is 34.5 Å². The van der Waals surface area contributed by atoms with Gasteiger partial charge in [-0.05, 0) is 297 Å². The maximum Gasteiger partial charge on any atom is 0.256 e. The van der Waals surface area contributed by atoms with Crippen molar-refractivity contribution in [2.75, 3.05) is 14.7 Å². The summed E-state index contributed by atoms with van der Waals surface area (Å²) in [7, 11) is 0. The molecule has 6 nitrogen and oxygen atoms in total. The van der Waals surface area contributed by atoms with Crippen LogP contribution in [0.15, 0.2) is 237 Å². The minimum atomic E-state index is -0.160. The third kappa shape index (κ3) is 12.1. The van der Waals surface area contributed by atoms with Gasteiger partial charge in [-0.15, -0.1) is 0 Å². The number of aryl methyl sites for hydroxylation is 3. The first-order valence-electron chi connectivity index (χ1n) is 41.2. The van der Waals surface area contributed by atoms with Gasteiger partial charge in [0.2, 0.25) is 0 Å². The summed E-state index contributed by atoms with van der Waals surface area (Å²) >= 11 is 0.